The Hall–Kier alpha value is -3.35. The van der Waals surface area contributed by atoms with E-state index in [-0.39, 0.29) is 11.8 Å². The second-order valence-corrected chi connectivity index (χ2v) is 6.44. The number of benzene rings is 1. The molecule has 3 heterocycles. The summed E-state index contributed by atoms with van der Waals surface area (Å²) in [5.74, 6) is 0.624. The molecule has 4 rings (SSSR count). The molecule has 1 aromatic carbocycles. The van der Waals surface area contributed by atoms with Crippen LogP contribution in [0.5, 0.6) is 5.75 Å². The number of methoxy groups -OCH3 is 1. The number of ether oxygens (including phenoxy) is 1. The minimum atomic E-state index is -0.0652. The van der Waals surface area contributed by atoms with E-state index in [0.717, 1.165) is 11.1 Å². The molecule has 7 heteroatoms. The normalized spacial score (nSPS) is 14.4. The Morgan fingerprint density at radius 1 is 1.00 bits per heavy atom. The molecule has 0 atom stereocenters. The van der Waals surface area contributed by atoms with Crippen molar-refractivity contribution in [3.63, 3.8) is 0 Å². The lowest BCUT2D eigenvalue weighted by Gasteiger charge is -2.34. The van der Waals surface area contributed by atoms with Crippen molar-refractivity contribution in [2.45, 2.75) is 0 Å². The number of fused-ring (bicyclic) bond motifs is 1. The smallest absolute Gasteiger partial charge is 0.270 e. The third-order valence-electron chi connectivity index (χ3n) is 4.81. The van der Waals surface area contributed by atoms with Gasteiger partial charge in [0.25, 0.3) is 11.8 Å². The standard InChI is InChI=1S/C20H20N4O3/c1-27-16-6-4-14(5-7-16)19(25)23-9-11-24(12-10-23)20(26)17-13-15-3-2-8-21-18(15)22-17/h2-8,13H,9-12H2,1H3,(H,21,22). The molecule has 138 valence electrons. The van der Waals surface area contributed by atoms with Crippen molar-refractivity contribution in [1.29, 1.82) is 0 Å². The Morgan fingerprint density at radius 3 is 2.30 bits per heavy atom. The zero-order valence-electron chi connectivity index (χ0n) is 15.0. The molecule has 1 saturated heterocycles. The van der Waals surface area contributed by atoms with Gasteiger partial charge in [-0.25, -0.2) is 4.98 Å². The molecule has 0 saturated carbocycles. The van der Waals surface area contributed by atoms with Gasteiger partial charge in [0.1, 0.15) is 17.1 Å². The summed E-state index contributed by atoms with van der Waals surface area (Å²) < 4.78 is 5.12. The second kappa shape index (κ2) is 7.11. The molecule has 27 heavy (non-hydrogen) atoms. The van der Waals surface area contributed by atoms with E-state index in [4.69, 9.17) is 4.74 Å². The molecule has 1 N–H and O–H groups in total. The van der Waals surface area contributed by atoms with E-state index in [1.54, 1.807) is 47.4 Å². The highest BCUT2D eigenvalue weighted by Crippen LogP contribution is 2.17. The fraction of sp³-hybridized carbons (Fsp3) is 0.250. The fourth-order valence-corrected chi connectivity index (χ4v) is 3.27. The van der Waals surface area contributed by atoms with Crippen molar-refractivity contribution in [2.24, 2.45) is 0 Å². The predicted molar refractivity (Wildman–Crippen MR) is 101 cm³/mol. The summed E-state index contributed by atoms with van der Waals surface area (Å²) in [6.45, 7) is 2.03. The first-order valence-corrected chi connectivity index (χ1v) is 8.82. The Kier molecular flexibility index (Phi) is 4.50. The number of pyridine rings is 1. The van der Waals surface area contributed by atoms with Crippen LogP contribution in [0, 0.1) is 0 Å². The first-order chi connectivity index (χ1) is 13.2. The number of nitrogens with zero attached hydrogens (tertiary/aromatic N) is 3. The van der Waals surface area contributed by atoms with E-state index in [1.165, 1.54) is 0 Å². The SMILES string of the molecule is COc1ccc(C(=O)N2CCN(C(=O)c3cc4cccnc4[nH]3)CC2)cc1. The molecule has 2 amide bonds. The van der Waals surface area contributed by atoms with Crippen LogP contribution in [-0.2, 0) is 0 Å². The van der Waals surface area contributed by atoms with Crippen LogP contribution >= 0.6 is 0 Å². The third kappa shape index (κ3) is 3.36. The van der Waals surface area contributed by atoms with Crippen LogP contribution in [0.2, 0.25) is 0 Å². The molecule has 0 spiro atoms. The van der Waals surface area contributed by atoms with Gasteiger partial charge >= 0.3 is 0 Å². The Labute approximate surface area is 156 Å². The maximum atomic E-state index is 12.7. The van der Waals surface area contributed by atoms with Crippen molar-refractivity contribution in [3.05, 3.63) is 59.9 Å². The van der Waals surface area contributed by atoms with E-state index < -0.39 is 0 Å². The summed E-state index contributed by atoms with van der Waals surface area (Å²) in [6, 6.07) is 12.6. The van der Waals surface area contributed by atoms with Crippen LogP contribution in [0.4, 0.5) is 0 Å². The van der Waals surface area contributed by atoms with Gasteiger partial charge in [0.05, 0.1) is 7.11 Å². The van der Waals surface area contributed by atoms with Crippen molar-refractivity contribution in [2.75, 3.05) is 33.3 Å². The molecular weight excluding hydrogens is 344 g/mol. The van der Waals surface area contributed by atoms with Crippen LogP contribution < -0.4 is 4.74 Å². The lowest BCUT2D eigenvalue weighted by Crippen LogP contribution is -2.50. The summed E-state index contributed by atoms with van der Waals surface area (Å²) in [4.78, 5) is 36.2. The zero-order chi connectivity index (χ0) is 18.8. The molecule has 0 bridgehead atoms. The molecule has 2 aromatic heterocycles. The quantitative estimate of drug-likeness (QED) is 0.773. The first kappa shape index (κ1) is 17.1. The van der Waals surface area contributed by atoms with Gasteiger partial charge < -0.3 is 19.5 Å². The largest absolute Gasteiger partial charge is 0.497 e. The highest BCUT2D eigenvalue weighted by atomic mass is 16.5. The highest BCUT2D eigenvalue weighted by molar-refractivity contribution is 5.98. The maximum Gasteiger partial charge on any atom is 0.270 e. The number of rotatable bonds is 3. The minimum Gasteiger partial charge on any atom is -0.497 e. The molecule has 3 aromatic rings. The lowest BCUT2D eigenvalue weighted by molar-refractivity contribution is 0.0533. The first-order valence-electron chi connectivity index (χ1n) is 8.82. The number of amides is 2. The number of piperazine rings is 1. The van der Waals surface area contributed by atoms with E-state index >= 15 is 0 Å². The highest BCUT2D eigenvalue weighted by Gasteiger charge is 2.26. The van der Waals surface area contributed by atoms with Gasteiger partial charge in [0.2, 0.25) is 0 Å². The molecule has 0 radical (unpaired) electrons. The molecular formula is C20H20N4O3. The molecule has 0 aliphatic carbocycles. The number of carbonyl (C=O) groups excluding carboxylic acids is 2. The van der Waals surface area contributed by atoms with E-state index in [2.05, 4.69) is 9.97 Å². The predicted octanol–water partition coefficient (Wildman–Crippen LogP) is 2.17. The van der Waals surface area contributed by atoms with Crippen molar-refractivity contribution in [1.82, 2.24) is 19.8 Å². The summed E-state index contributed by atoms with van der Waals surface area (Å²) in [7, 11) is 1.59. The van der Waals surface area contributed by atoms with Crippen LogP contribution in [0.1, 0.15) is 20.8 Å². The summed E-state index contributed by atoms with van der Waals surface area (Å²) in [6.07, 6.45) is 1.69. The lowest BCUT2D eigenvalue weighted by atomic mass is 10.1. The monoisotopic (exact) mass is 364 g/mol. The Morgan fingerprint density at radius 2 is 1.67 bits per heavy atom. The number of hydrogen-bond acceptors (Lipinski definition) is 4. The Bertz CT molecular complexity index is 939. The summed E-state index contributed by atoms with van der Waals surface area (Å²) in [5, 5.41) is 0.911. The average Bonchev–Trinajstić information content (AvgIpc) is 3.17. The van der Waals surface area contributed by atoms with E-state index in [1.807, 2.05) is 18.2 Å². The molecule has 1 aliphatic heterocycles. The van der Waals surface area contributed by atoms with Crippen molar-refractivity contribution in [3.8, 4) is 5.75 Å². The fourth-order valence-electron chi connectivity index (χ4n) is 3.27. The third-order valence-corrected chi connectivity index (χ3v) is 4.81. The van der Waals surface area contributed by atoms with Gasteiger partial charge in [-0.2, -0.15) is 0 Å². The molecule has 0 unspecified atom stereocenters. The van der Waals surface area contributed by atoms with E-state index in [9.17, 15) is 9.59 Å². The van der Waals surface area contributed by atoms with Crippen molar-refractivity contribution >= 4 is 22.8 Å². The van der Waals surface area contributed by atoms with Crippen LogP contribution in [0.15, 0.2) is 48.7 Å². The Balaban J connectivity index is 1.40. The number of H-pyrrole nitrogens is 1. The summed E-state index contributed by atoms with van der Waals surface area (Å²) >= 11 is 0. The van der Waals surface area contributed by atoms with Crippen LogP contribution in [-0.4, -0.2) is 64.9 Å². The van der Waals surface area contributed by atoms with Gasteiger partial charge in [-0.1, -0.05) is 0 Å². The molecule has 1 fully saturated rings. The van der Waals surface area contributed by atoms with Gasteiger partial charge in [-0.3, -0.25) is 9.59 Å². The van der Waals surface area contributed by atoms with Crippen molar-refractivity contribution < 1.29 is 14.3 Å². The minimum absolute atomic E-state index is 0.0282. The van der Waals surface area contributed by atoms with Gasteiger partial charge in [0.15, 0.2) is 0 Å². The number of carbonyl (C=O) groups is 2. The molecule has 7 nitrogen and oxygen atoms in total. The van der Waals surface area contributed by atoms with Gasteiger partial charge in [0, 0.05) is 43.3 Å². The van der Waals surface area contributed by atoms with Gasteiger partial charge in [-0.05, 0) is 42.5 Å². The van der Waals surface area contributed by atoms with Crippen LogP contribution in [0.3, 0.4) is 0 Å². The molecule has 1 aliphatic rings. The van der Waals surface area contributed by atoms with Gasteiger partial charge in [-0.15, -0.1) is 0 Å². The summed E-state index contributed by atoms with van der Waals surface area (Å²) in [5.41, 5.74) is 1.85. The number of nitrogens with one attached hydrogen (secondary N) is 1. The zero-order valence-corrected chi connectivity index (χ0v) is 15.0. The van der Waals surface area contributed by atoms with Crippen LogP contribution in [0.25, 0.3) is 11.0 Å². The number of aromatic nitrogens is 2. The number of aromatic amines is 1. The second-order valence-electron chi connectivity index (χ2n) is 6.44. The number of hydrogen-bond donors (Lipinski definition) is 1. The topological polar surface area (TPSA) is 78.5 Å². The maximum absolute atomic E-state index is 12.7. The van der Waals surface area contributed by atoms with E-state index in [0.29, 0.717) is 43.1 Å². The average molecular weight is 364 g/mol.